The third kappa shape index (κ3) is 2.68. The molecule has 0 saturated heterocycles. The number of hydrogen-bond acceptors (Lipinski definition) is 4. The third-order valence-corrected chi connectivity index (χ3v) is 3.27. The van der Waals surface area contributed by atoms with Crippen LogP contribution in [0.1, 0.15) is 16.1 Å². The van der Waals surface area contributed by atoms with E-state index in [1.807, 2.05) is 18.4 Å². The average molecular weight is 263 g/mol. The van der Waals surface area contributed by atoms with Crippen LogP contribution in [-0.4, -0.2) is 17.3 Å². The Hall–Kier alpha value is -1.88. The number of furan rings is 1. The van der Waals surface area contributed by atoms with E-state index in [-0.39, 0.29) is 0 Å². The van der Waals surface area contributed by atoms with Gasteiger partial charge in [-0.15, -0.1) is 11.8 Å². The van der Waals surface area contributed by atoms with Gasteiger partial charge in [0.05, 0.1) is 24.1 Å². The molecule has 0 bridgehead atoms. The van der Waals surface area contributed by atoms with Gasteiger partial charge in [0.2, 0.25) is 0 Å². The van der Waals surface area contributed by atoms with Crippen LogP contribution in [0.3, 0.4) is 0 Å². The van der Waals surface area contributed by atoms with Crippen LogP contribution in [0.4, 0.5) is 5.69 Å². The fraction of sp³-hybridized carbons (Fsp3) is 0.154. The molecular formula is C13H13NO3S. The predicted molar refractivity (Wildman–Crippen MR) is 71.2 cm³/mol. The number of hydrogen-bond donors (Lipinski definition) is 2. The zero-order valence-corrected chi connectivity index (χ0v) is 10.7. The van der Waals surface area contributed by atoms with E-state index in [9.17, 15) is 9.90 Å². The summed E-state index contributed by atoms with van der Waals surface area (Å²) in [6.45, 7) is 0.463. The van der Waals surface area contributed by atoms with Crippen molar-refractivity contribution in [2.75, 3.05) is 11.6 Å². The maximum atomic E-state index is 11.3. The van der Waals surface area contributed by atoms with Gasteiger partial charge in [-0.3, -0.25) is 0 Å². The predicted octanol–water partition coefficient (Wildman–Crippen LogP) is 3.31. The lowest BCUT2D eigenvalue weighted by atomic mass is 10.1. The molecule has 0 aliphatic rings. The number of carboxylic acids is 1. The SMILES string of the molecule is CSc1cccc(NCc2ccco2)c1C(=O)O. The Morgan fingerprint density at radius 1 is 1.39 bits per heavy atom. The van der Waals surface area contributed by atoms with E-state index in [1.165, 1.54) is 11.8 Å². The normalized spacial score (nSPS) is 10.3. The molecule has 0 radical (unpaired) electrons. The van der Waals surface area contributed by atoms with E-state index in [1.54, 1.807) is 24.5 Å². The van der Waals surface area contributed by atoms with Gasteiger partial charge >= 0.3 is 5.97 Å². The van der Waals surface area contributed by atoms with Gasteiger partial charge in [-0.1, -0.05) is 6.07 Å². The van der Waals surface area contributed by atoms with E-state index in [2.05, 4.69) is 5.32 Å². The van der Waals surface area contributed by atoms with Crippen molar-refractivity contribution in [3.8, 4) is 0 Å². The number of aromatic carboxylic acids is 1. The van der Waals surface area contributed by atoms with Gasteiger partial charge in [0, 0.05) is 4.90 Å². The summed E-state index contributed by atoms with van der Waals surface area (Å²) in [5, 5.41) is 12.3. The lowest BCUT2D eigenvalue weighted by Crippen LogP contribution is -2.07. The van der Waals surface area contributed by atoms with Crippen molar-refractivity contribution >= 4 is 23.4 Å². The van der Waals surface area contributed by atoms with Gasteiger partial charge < -0.3 is 14.8 Å². The van der Waals surface area contributed by atoms with Crippen molar-refractivity contribution in [3.63, 3.8) is 0 Å². The van der Waals surface area contributed by atoms with Crippen LogP contribution in [0.5, 0.6) is 0 Å². The minimum Gasteiger partial charge on any atom is -0.478 e. The molecule has 0 saturated carbocycles. The van der Waals surface area contributed by atoms with Gasteiger partial charge in [-0.25, -0.2) is 4.79 Å². The van der Waals surface area contributed by atoms with E-state index in [0.717, 1.165) is 10.7 Å². The minimum atomic E-state index is -0.929. The highest BCUT2D eigenvalue weighted by Gasteiger charge is 2.14. The summed E-state index contributed by atoms with van der Waals surface area (Å²) in [6.07, 6.45) is 3.45. The Morgan fingerprint density at radius 3 is 2.83 bits per heavy atom. The van der Waals surface area contributed by atoms with Crippen molar-refractivity contribution < 1.29 is 14.3 Å². The monoisotopic (exact) mass is 263 g/mol. The van der Waals surface area contributed by atoms with Crippen LogP contribution in [0, 0.1) is 0 Å². The molecular weight excluding hydrogens is 250 g/mol. The van der Waals surface area contributed by atoms with Crippen molar-refractivity contribution in [2.45, 2.75) is 11.4 Å². The molecule has 1 heterocycles. The molecule has 0 aliphatic heterocycles. The molecule has 0 atom stereocenters. The number of thioether (sulfide) groups is 1. The highest BCUT2D eigenvalue weighted by molar-refractivity contribution is 7.98. The fourth-order valence-electron chi connectivity index (χ4n) is 1.66. The van der Waals surface area contributed by atoms with Crippen LogP contribution in [0.2, 0.25) is 0 Å². The Labute approximate surface area is 109 Å². The molecule has 5 heteroatoms. The smallest absolute Gasteiger partial charge is 0.338 e. The first-order valence-corrected chi connectivity index (χ1v) is 6.61. The second-order valence-electron chi connectivity index (χ2n) is 3.62. The topological polar surface area (TPSA) is 62.5 Å². The minimum absolute atomic E-state index is 0.302. The van der Waals surface area contributed by atoms with Crippen LogP contribution < -0.4 is 5.32 Å². The average Bonchev–Trinajstić information content (AvgIpc) is 2.88. The van der Waals surface area contributed by atoms with Crippen LogP contribution >= 0.6 is 11.8 Å². The van der Waals surface area contributed by atoms with Crippen molar-refractivity contribution in [1.29, 1.82) is 0 Å². The fourth-order valence-corrected chi connectivity index (χ4v) is 2.28. The number of anilines is 1. The summed E-state index contributed by atoms with van der Waals surface area (Å²) >= 11 is 1.42. The summed E-state index contributed by atoms with van der Waals surface area (Å²) in [5.41, 5.74) is 0.905. The highest BCUT2D eigenvalue weighted by atomic mass is 32.2. The summed E-state index contributed by atoms with van der Waals surface area (Å²) in [4.78, 5) is 12.0. The quantitative estimate of drug-likeness (QED) is 0.810. The van der Waals surface area contributed by atoms with Crippen LogP contribution in [0.15, 0.2) is 45.9 Å². The number of benzene rings is 1. The number of carboxylic acid groups (broad SMARTS) is 1. The molecule has 4 nitrogen and oxygen atoms in total. The maximum absolute atomic E-state index is 11.3. The third-order valence-electron chi connectivity index (χ3n) is 2.49. The number of rotatable bonds is 5. The zero-order valence-electron chi connectivity index (χ0n) is 9.84. The van der Waals surface area contributed by atoms with Crippen LogP contribution in [-0.2, 0) is 6.54 Å². The molecule has 0 unspecified atom stereocenters. The maximum Gasteiger partial charge on any atom is 0.338 e. The van der Waals surface area contributed by atoms with Gasteiger partial charge in [0.25, 0.3) is 0 Å². The van der Waals surface area contributed by atoms with E-state index in [4.69, 9.17) is 4.42 Å². The van der Waals surface area contributed by atoms with E-state index in [0.29, 0.717) is 17.8 Å². The summed E-state index contributed by atoms with van der Waals surface area (Å²) in [6, 6.07) is 9.03. The molecule has 0 aliphatic carbocycles. The molecule has 0 amide bonds. The van der Waals surface area contributed by atoms with Gasteiger partial charge in [-0.2, -0.15) is 0 Å². The molecule has 2 rings (SSSR count). The summed E-state index contributed by atoms with van der Waals surface area (Å²) < 4.78 is 5.20. The van der Waals surface area contributed by atoms with Crippen molar-refractivity contribution in [1.82, 2.24) is 0 Å². The Morgan fingerprint density at radius 2 is 2.22 bits per heavy atom. The first kappa shape index (κ1) is 12.6. The number of nitrogens with one attached hydrogen (secondary N) is 1. The molecule has 0 fully saturated rings. The Balaban J connectivity index is 2.24. The Kier molecular flexibility index (Phi) is 3.94. The van der Waals surface area contributed by atoms with E-state index >= 15 is 0 Å². The van der Waals surface area contributed by atoms with Gasteiger partial charge in [0.1, 0.15) is 5.76 Å². The highest BCUT2D eigenvalue weighted by Crippen LogP contribution is 2.27. The largest absolute Gasteiger partial charge is 0.478 e. The molecule has 18 heavy (non-hydrogen) atoms. The second kappa shape index (κ2) is 5.64. The number of carbonyl (C=O) groups is 1. The van der Waals surface area contributed by atoms with Crippen molar-refractivity contribution in [2.24, 2.45) is 0 Å². The molecule has 1 aromatic carbocycles. The van der Waals surface area contributed by atoms with Crippen molar-refractivity contribution in [3.05, 3.63) is 47.9 Å². The standard InChI is InChI=1S/C13H13NO3S/c1-18-11-6-2-5-10(12(11)13(15)16)14-8-9-4-3-7-17-9/h2-7,14H,8H2,1H3,(H,15,16). The van der Waals surface area contributed by atoms with Gasteiger partial charge in [-0.05, 0) is 30.5 Å². The molecule has 2 N–H and O–H groups in total. The molecule has 2 aromatic rings. The Bertz CT molecular complexity index is 537. The van der Waals surface area contributed by atoms with Gasteiger partial charge in [0.15, 0.2) is 0 Å². The summed E-state index contributed by atoms with van der Waals surface area (Å²) in [5.74, 6) is -0.164. The van der Waals surface area contributed by atoms with E-state index < -0.39 is 5.97 Å². The summed E-state index contributed by atoms with van der Waals surface area (Å²) in [7, 11) is 0. The molecule has 94 valence electrons. The first-order valence-electron chi connectivity index (χ1n) is 5.39. The molecule has 1 aromatic heterocycles. The zero-order chi connectivity index (χ0) is 13.0. The lowest BCUT2D eigenvalue weighted by molar-refractivity contribution is 0.0694. The lowest BCUT2D eigenvalue weighted by Gasteiger charge is -2.11. The second-order valence-corrected chi connectivity index (χ2v) is 4.47. The first-order chi connectivity index (χ1) is 8.72. The van der Waals surface area contributed by atoms with Crippen LogP contribution in [0.25, 0.3) is 0 Å². The molecule has 0 spiro atoms.